The molecule has 1 rings (SSSR count). The van der Waals surface area contributed by atoms with Gasteiger partial charge in [-0.1, -0.05) is 39.0 Å². The van der Waals surface area contributed by atoms with Crippen LogP contribution in [0, 0.1) is 0 Å². The van der Waals surface area contributed by atoms with Gasteiger partial charge in [-0.3, -0.25) is 0 Å². The average Bonchev–Trinajstić information content (AvgIpc) is 2.45. The van der Waals surface area contributed by atoms with Crippen molar-refractivity contribution in [1.29, 1.82) is 0 Å². The highest BCUT2D eigenvalue weighted by Crippen LogP contribution is 2.21. The van der Waals surface area contributed by atoms with Gasteiger partial charge in [0.2, 0.25) is 10.0 Å². The largest absolute Gasteiger partial charge is 0.329 e. The predicted molar refractivity (Wildman–Crippen MR) is 85.8 cm³/mol. The Bertz CT molecular complexity index is 505. The molecule has 3 N–H and O–H groups in total. The molecule has 20 heavy (non-hydrogen) atoms. The van der Waals surface area contributed by atoms with Crippen molar-refractivity contribution in [2.24, 2.45) is 5.73 Å². The first-order valence-corrected chi connectivity index (χ1v) is 8.25. The minimum Gasteiger partial charge on any atom is -0.329 e. The number of rotatable bonds is 7. The maximum Gasteiger partial charge on any atom is 0.241 e. The second-order valence-corrected chi connectivity index (χ2v) is 6.41. The first kappa shape index (κ1) is 19.4. The molecule has 0 spiro atoms. The van der Waals surface area contributed by atoms with Gasteiger partial charge in [0, 0.05) is 12.1 Å². The number of hydrogen-bond acceptors (Lipinski definition) is 3. The molecular weight excluding hydrogens is 296 g/mol. The summed E-state index contributed by atoms with van der Waals surface area (Å²) >= 11 is 0. The van der Waals surface area contributed by atoms with Crippen LogP contribution in [0.3, 0.4) is 0 Å². The van der Waals surface area contributed by atoms with Gasteiger partial charge < -0.3 is 5.73 Å². The van der Waals surface area contributed by atoms with E-state index < -0.39 is 15.6 Å². The first-order valence-electron chi connectivity index (χ1n) is 6.76. The minimum atomic E-state index is -3.53. The molecule has 116 valence electrons. The Balaban J connectivity index is 0.00000361. The predicted octanol–water partition coefficient (Wildman–Crippen LogP) is 2.47. The monoisotopic (exact) mass is 320 g/mol. The van der Waals surface area contributed by atoms with Crippen molar-refractivity contribution in [2.45, 2.75) is 50.5 Å². The molecule has 0 bridgehead atoms. The molecule has 0 aliphatic rings. The molecule has 0 atom stereocenters. The Hall–Kier alpha value is -0.620. The molecule has 0 saturated heterocycles. The van der Waals surface area contributed by atoms with E-state index in [1.165, 1.54) is 0 Å². The van der Waals surface area contributed by atoms with Gasteiger partial charge in [-0.15, -0.1) is 12.4 Å². The molecule has 6 heteroatoms. The fraction of sp³-hybridized carbons (Fsp3) is 0.571. The minimum absolute atomic E-state index is 0. The summed E-state index contributed by atoms with van der Waals surface area (Å²) in [6, 6.07) is 7.09. The number of sulfonamides is 1. The van der Waals surface area contributed by atoms with Crippen LogP contribution in [0.4, 0.5) is 0 Å². The molecule has 0 aliphatic heterocycles. The lowest BCUT2D eigenvalue weighted by atomic mass is 9.95. The normalized spacial score (nSPS) is 12.0. The quantitative estimate of drug-likeness (QED) is 0.810. The summed E-state index contributed by atoms with van der Waals surface area (Å²) in [7, 11) is -3.53. The molecule has 0 unspecified atom stereocenters. The highest BCUT2D eigenvalue weighted by molar-refractivity contribution is 7.89. The standard InChI is InChI=1S/C14H24N2O2S.ClH/c1-4-12-9-7-8-10-13(12)19(17,18)16-14(5-2,6-3)11-15;/h7-10,16H,4-6,11,15H2,1-3H3;1H. The molecule has 0 amide bonds. The Morgan fingerprint density at radius 2 is 1.70 bits per heavy atom. The van der Waals surface area contributed by atoms with Crippen LogP contribution in [0.2, 0.25) is 0 Å². The van der Waals surface area contributed by atoms with Crippen LogP contribution in [-0.2, 0) is 16.4 Å². The molecule has 0 radical (unpaired) electrons. The summed E-state index contributed by atoms with van der Waals surface area (Å²) in [5.74, 6) is 0. The van der Waals surface area contributed by atoms with Gasteiger partial charge >= 0.3 is 0 Å². The van der Waals surface area contributed by atoms with Crippen molar-refractivity contribution in [1.82, 2.24) is 4.72 Å². The molecule has 1 aromatic carbocycles. The number of aryl methyl sites for hydroxylation is 1. The van der Waals surface area contributed by atoms with E-state index in [1.807, 2.05) is 32.9 Å². The van der Waals surface area contributed by atoms with E-state index in [4.69, 9.17) is 5.73 Å². The van der Waals surface area contributed by atoms with E-state index in [1.54, 1.807) is 12.1 Å². The molecule has 0 aliphatic carbocycles. The van der Waals surface area contributed by atoms with Crippen LogP contribution in [0.25, 0.3) is 0 Å². The topological polar surface area (TPSA) is 72.2 Å². The molecule has 0 heterocycles. The van der Waals surface area contributed by atoms with Crippen molar-refractivity contribution in [3.05, 3.63) is 29.8 Å². The third kappa shape index (κ3) is 4.19. The third-order valence-electron chi connectivity index (χ3n) is 3.74. The molecular formula is C14H25ClN2O2S. The van der Waals surface area contributed by atoms with E-state index in [0.29, 0.717) is 30.7 Å². The summed E-state index contributed by atoms with van der Waals surface area (Å²) in [5, 5.41) is 0. The van der Waals surface area contributed by atoms with Crippen LogP contribution in [-0.4, -0.2) is 20.5 Å². The SMILES string of the molecule is CCc1ccccc1S(=O)(=O)NC(CC)(CC)CN.Cl. The number of halogens is 1. The van der Waals surface area contributed by atoms with E-state index in [2.05, 4.69) is 4.72 Å². The van der Waals surface area contributed by atoms with Gasteiger partial charge in [0.25, 0.3) is 0 Å². The van der Waals surface area contributed by atoms with Gasteiger partial charge in [0.05, 0.1) is 4.90 Å². The maximum absolute atomic E-state index is 12.5. The second kappa shape index (κ2) is 7.98. The summed E-state index contributed by atoms with van der Waals surface area (Å²) in [5.41, 5.74) is 6.03. The zero-order chi connectivity index (χ0) is 14.5. The molecule has 0 aromatic heterocycles. The van der Waals surface area contributed by atoms with Crippen LogP contribution in [0.15, 0.2) is 29.2 Å². The lowest BCUT2D eigenvalue weighted by molar-refractivity contribution is 0.363. The maximum atomic E-state index is 12.5. The zero-order valence-corrected chi connectivity index (χ0v) is 14.0. The lowest BCUT2D eigenvalue weighted by Gasteiger charge is -2.31. The third-order valence-corrected chi connectivity index (χ3v) is 5.42. The smallest absolute Gasteiger partial charge is 0.241 e. The van der Waals surface area contributed by atoms with Gasteiger partial charge in [-0.25, -0.2) is 13.1 Å². The van der Waals surface area contributed by atoms with Crippen molar-refractivity contribution < 1.29 is 8.42 Å². The highest BCUT2D eigenvalue weighted by Gasteiger charge is 2.31. The number of nitrogens with two attached hydrogens (primary N) is 1. The summed E-state index contributed by atoms with van der Waals surface area (Å²) in [6.07, 6.45) is 2.03. The zero-order valence-electron chi connectivity index (χ0n) is 12.3. The summed E-state index contributed by atoms with van der Waals surface area (Å²) in [4.78, 5) is 0.359. The Morgan fingerprint density at radius 3 is 2.15 bits per heavy atom. The van der Waals surface area contributed by atoms with Gasteiger partial charge in [-0.2, -0.15) is 0 Å². The van der Waals surface area contributed by atoms with Crippen molar-refractivity contribution in [3.63, 3.8) is 0 Å². The number of hydrogen-bond donors (Lipinski definition) is 2. The fourth-order valence-electron chi connectivity index (χ4n) is 2.12. The van der Waals surface area contributed by atoms with Crippen molar-refractivity contribution >= 4 is 22.4 Å². The molecule has 1 aromatic rings. The summed E-state index contributed by atoms with van der Waals surface area (Å²) in [6.45, 7) is 6.15. The van der Waals surface area contributed by atoms with Crippen molar-refractivity contribution in [3.8, 4) is 0 Å². The van der Waals surface area contributed by atoms with E-state index >= 15 is 0 Å². The Labute approximate surface area is 128 Å². The van der Waals surface area contributed by atoms with Gasteiger partial charge in [-0.05, 0) is 30.9 Å². The van der Waals surface area contributed by atoms with Crippen LogP contribution in [0.5, 0.6) is 0 Å². The molecule has 0 saturated carbocycles. The van der Waals surface area contributed by atoms with E-state index in [-0.39, 0.29) is 12.4 Å². The Morgan fingerprint density at radius 1 is 1.15 bits per heavy atom. The first-order chi connectivity index (χ1) is 8.94. The number of nitrogens with one attached hydrogen (secondary N) is 1. The average molecular weight is 321 g/mol. The fourth-order valence-corrected chi connectivity index (χ4v) is 3.99. The van der Waals surface area contributed by atoms with Crippen LogP contribution < -0.4 is 10.5 Å². The molecule has 0 fully saturated rings. The van der Waals surface area contributed by atoms with E-state index in [0.717, 1.165) is 5.56 Å². The van der Waals surface area contributed by atoms with Gasteiger partial charge in [0.1, 0.15) is 0 Å². The second-order valence-electron chi connectivity index (χ2n) is 4.76. The number of benzene rings is 1. The van der Waals surface area contributed by atoms with E-state index in [9.17, 15) is 8.42 Å². The van der Waals surface area contributed by atoms with Crippen molar-refractivity contribution in [2.75, 3.05) is 6.54 Å². The Kier molecular flexibility index (Phi) is 7.73. The summed E-state index contributed by atoms with van der Waals surface area (Å²) < 4.78 is 27.9. The van der Waals surface area contributed by atoms with Crippen LogP contribution >= 0.6 is 12.4 Å². The lowest BCUT2D eigenvalue weighted by Crippen LogP contribution is -2.52. The highest BCUT2D eigenvalue weighted by atomic mass is 35.5. The van der Waals surface area contributed by atoms with Gasteiger partial charge in [0.15, 0.2) is 0 Å². The van der Waals surface area contributed by atoms with Crippen LogP contribution in [0.1, 0.15) is 39.2 Å². The molecule has 4 nitrogen and oxygen atoms in total.